The number of hydrogen-bond acceptors (Lipinski definition) is 5. The summed E-state index contributed by atoms with van der Waals surface area (Å²) >= 11 is 0. The number of aromatic hydroxyl groups is 3. The van der Waals surface area contributed by atoms with Crippen LogP contribution in [0.2, 0.25) is 0 Å². The van der Waals surface area contributed by atoms with Crippen LogP contribution in [0.15, 0.2) is 42.0 Å². The first-order valence-electron chi connectivity index (χ1n) is 7.61. The molecule has 0 aliphatic rings. The molecule has 0 saturated carbocycles. The second-order valence-corrected chi connectivity index (χ2v) is 5.86. The van der Waals surface area contributed by atoms with Crippen LogP contribution in [-0.2, 0) is 6.42 Å². The van der Waals surface area contributed by atoms with Crippen molar-refractivity contribution in [2.24, 2.45) is 0 Å². The Hall–Kier alpha value is -3.28. The molecule has 0 fully saturated rings. The zero-order valence-electron chi connectivity index (χ0n) is 13.9. The van der Waals surface area contributed by atoms with E-state index in [1.807, 2.05) is 19.9 Å². The summed E-state index contributed by atoms with van der Waals surface area (Å²) in [7, 11) is 0. The van der Waals surface area contributed by atoms with Crippen molar-refractivity contribution in [3.05, 3.63) is 68.8 Å². The van der Waals surface area contributed by atoms with E-state index < -0.39 is 10.7 Å². The van der Waals surface area contributed by atoms with Crippen LogP contribution in [0.3, 0.4) is 0 Å². The topological polar surface area (TPSA) is 104 Å². The number of allylic oxidation sites excluding steroid dienone is 2. The molecule has 0 heterocycles. The van der Waals surface area contributed by atoms with Gasteiger partial charge in [-0.15, -0.1) is 0 Å². The Kier molecular flexibility index (Phi) is 5.44. The highest BCUT2D eigenvalue weighted by atomic mass is 16.6. The summed E-state index contributed by atoms with van der Waals surface area (Å²) in [5.74, 6) is -0.441. The third kappa shape index (κ3) is 4.60. The molecule has 6 heteroatoms. The van der Waals surface area contributed by atoms with E-state index in [2.05, 4.69) is 0 Å². The molecule has 3 N–H and O–H groups in total. The zero-order valence-corrected chi connectivity index (χ0v) is 13.9. The average molecular weight is 341 g/mol. The van der Waals surface area contributed by atoms with Gasteiger partial charge < -0.3 is 15.3 Å². The molecule has 0 atom stereocenters. The molecule has 130 valence electrons. The Labute approximate surface area is 145 Å². The van der Waals surface area contributed by atoms with Crippen LogP contribution in [0, 0.1) is 10.1 Å². The summed E-state index contributed by atoms with van der Waals surface area (Å²) in [4.78, 5) is 10.2. The highest BCUT2D eigenvalue weighted by Gasteiger charge is 2.12. The van der Waals surface area contributed by atoms with E-state index in [1.165, 1.54) is 30.3 Å². The number of phenols is 3. The van der Waals surface area contributed by atoms with Gasteiger partial charge in [-0.3, -0.25) is 10.1 Å². The van der Waals surface area contributed by atoms with Crippen molar-refractivity contribution in [1.29, 1.82) is 0 Å². The summed E-state index contributed by atoms with van der Waals surface area (Å²) < 4.78 is 0. The van der Waals surface area contributed by atoms with E-state index in [0.29, 0.717) is 23.1 Å². The number of benzene rings is 2. The molecule has 6 nitrogen and oxygen atoms in total. The van der Waals surface area contributed by atoms with Gasteiger partial charge in [-0.25, -0.2) is 0 Å². The summed E-state index contributed by atoms with van der Waals surface area (Å²) in [6.07, 6.45) is 5.53. The van der Waals surface area contributed by atoms with E-state index in [0.717, 1.165) is 5.57 Å². The monoisotopic (exact) mass is 341 g/mol. The van der Waals surface area contributed by atoms with Gasteiger partial charge in [-0.2, -0.15) is 0 Å². The summed E-state index contributed by atoms with van der Waals surface area (Å²) in [5.41, 5.74) is 2.20. The van der Waals surface area contributed by atoms with Gasteiger partial charge in [0.1, 0.15) is 11.5 Å². The van der Waals surface area contributed by atoms with Crippen molar-refractivity contribution in [1.82, 2.24) is 0 Å². The third-order valence-electron chi connectivity index (χ3n) is 3.60. The van der Waals surface area contributed by atoms with Crippen molar-refractivity contribution < 1.29 is 20.2 Å². The number of hydrogen-bond donors (Lipinski definition) is 3. The minimum Gasteiger partial charge on any atom is -0.507 e. The molecule has 0 aromatic heterocycles. The lowest BCUT2D eigenvalue weighted by molar-refractivity contribution is -0.385. The SMILES string of the molecule is CC(C)=CCc1c(O)cc(C=Cc2ccc(O)c([N+](=O)[O-])c2)cc1O. The maximum absolute atomic E-state index is 10.8. The summed E-state index contributed by atoms with van der Waals surface area (Å²) in [6, 6.07) is 7.05. The normalized spacial score (nSPS) is 10.8. The highest BCUT2D eigenvalue weighted by Crippen LogP contribution is 2.31. The predicted octanol–water partition coefficient (Wildman–Crippen LogP) is 4.39. The molecule has 0 aliphatic carbocycles. The summed E-state index contributed by atoms with van der Waals surface area (Å²) in [6.45, 7) is 3.87. The lowest BCUT2D eigenvalue weighted by Gasteiger charge is -2.07. The largest absolute Gasteiger partial charge is 0.507 e. The maximum atomic E-state index is 10.8. The second-order valence-electron chi connectivity index (χ2n) is 5.86. The predicted molar refractivity (Wildman–Crippen MR) is 96.6 cm³/mol. The van der Waals surface area contributed by atoms with Crippen molar-refractivity contribution >= 4 is 17.8 Å². The molecule has 2 aromatic carbocycles. The lowest BCUT2D eigenvalue weighted by Crippen LogP contribution is -1.89. The molecular weight excluding hydrogens is 322 g/mol. The Balaban J connectivity index is 2.29. The van der Waals surface area contributed by atoms with Crippen LogP contribution in [0.5, 0.6) is 17.2 Å². The van der Waals surface area contributed by atoms with Gasteiger partial charge in [0.2, 0.25) is 0 Å². The van der Waals surface area contributed by atoms with E-state index in [-0.39, 0.29) is 17.2 Å². The first-order valence-corrected chi connectivity index (χ1v) is 7.61. The third-order valence-corrected chi connectivity index (χ3v) is 3.60. The first kappa shape index (κ1) is 18.1. The van der Waals surface area contributed by atoms with E-state index in [1.54, 1.807) is 12.2 Å². The van der Waals surface area contributed by atoms with Crippen LogP contribution in [0.4, 0.5) is 5.69 Å². The number of nitrogens with zero attached hydrogens (tertiary/aromatic N) is 1. The minimum absolute atomic E-state index is 0.0196. The van der Waals surface area contributed by atoms with Gasteiger partial charge in [-0.05, 0) is 49.6 Å². The fourth-order valence-electron chi connectivity index (χ4n) is 2.26. The zero-order chi connectivity index (χ0) is 18.6. The molecule has 2 aromatic rings. The van der Waals surface area contributed by atoms with Gasteiger partial charge in [0.15, 0.2) is 5.75 Å². The van der Waals surface area contributed by atoms with E-state index in [4.69, 9.17) is 0 Å². The maximum Gasteiger partial charge on any atom is 0.311 e. The molecule has 0 spiro atoms. The minimum atomic E-state index is -0.664. The van der Waals surface area contributed by atoms with Crippen molar-refractivity contribution in [3.8, 4) is 17.2 Å². The van der Waals surface area contributed by atoms with Crippen molar-refractivity contribution in [2.45, 2.75) is 20.3 Å². The highest BCUT2D eigenvalue weighted by molar-refractivity contribution is 5.73. The molecule has 2 rings (SSSR count). The van der Waals surface area contributed by atoms with Crippen molar-refractivity contribution in [2.75, 3.05) is 0 Å². The fourth-order valence-corrected chi connectivity index (χ4v) is 2.26. The molecule has 0 radical (unpaired) electrons. The van der Waals surface area contributed by atoms with Gasteiger partial charge in [0.05, 0.1) is 4.92 Å². The van der Waals surface area contributed by atoms with Gasteiger partial charge in [-0.1, -0.05) is 29.9 Å². The Bertz CT molecular complexity index is 841. The molecule has 0 unspecified atom stereocenters. The Morgan fingerprint density at radius 2 is 1.60 bits per heavy atom. The van der Waals surface area contributed by atoms with Gasteiger partial charge in [0.25, 0.3) is 0 Å². The van der Waals surface area contributed by atoms with E-state index in [9.17, 15) is 25.4 Å². The molecule has 25 heavy (non-hydrogen) atoms. The molecule has 0 aliphatic heterocycles. The number of nitro groups is 1. The Morgan fingerprint density at radius 1 is 1.00 bits per heavy atom. The van der Waals surface area contributed by atoms with Crippen molar-refractivity contribution in [3.63, 3.8) is 0 Å². The van der Waals surface area contributed by atoms with Gasteiger partial charge >= 0.3 is 5.69 Å². The molecule has 0 amide bonds. The summed E-state index contributed by atoms with van der Waals surface area (Å²) in [5, 5.41) is 40.5. The fraction of sp³-hybridized carbons (Fsp3) is 0.158. The van der Waals surface area contributed by atoms with Crippen LogP contribution >= 0.6 is 0 Å². The van der Waals surface area contributed by atoms with Crippen LogP contribution < -0.4 is 0 Å². The standard InChI is InChI=1S/C19H19NO5/c1-12(2)3-7-15-18(22)10-14(11-19(15)23)5-4-13-6-8-17(21)16(9-13)20(24)25/h3-6,8-11,21-23H,7H2,1-2H3. The first-order chi connectivity index (χ1) is 11.8. The Morgan fingerprint density at radius 3 is 2.16 bits per heavy atom. The van der Waals surface area contributed by atoms with Crippen LogP contribution in [0.25, 0.3) is 12.2 Å². The smallest absolute Gasteiger partial charge is 0.311 e. The molecule has 0 saturated heterocycles. The molecule has 0 bridgehead atoms. The number of nitro benzene ring substituents is 1. The number of phenolic OH excluding ortho intramolecular Hbond substituents is 3. The quantitative estimate of drug-likeness (QED) is 0.324. The van der Waals surface area contributed by atoms with Crippen LogP contribution in [0.1, 0.15) is 30.5 Å². The van der Waals surface area contributed by atoms with E-state index >= 15 is 0 Å². The average Bonchev–Trinajstić information content (AvgIpc) is 2.52. The number of rotatable bonds is 5. The van der Waals surface area contributed by atoms with Crippen LogP contribution in [-0.4, -0.2) is 20.2 Å². The van der Waals surface area contributed by atoms with Gasteiger partial charge in [0, 0.05) is 11.6 Å². The second kappa shape index (κ2) is 7.53. The lowest BCUT2D eigenvalue weighted by atomic mass is 10.0. The molecular formula is C19H19NO5.